The Labute approximate surface area is 111 Å². The van der Waals surface area contributed by atoms with E-state index in [9.17, 15) is 0 Å². The average Bonchev–Trinajstić information content (AvgIpc) is 2.81. The van der Waals surface area contributed by atoms with Gasteiger partial charge < -0.3 is 9.30 Å². The van der Waals surface area contributed by atoms with E-state index in [4.69, 9.17) is 4.74 Å². The highest BCUT2D eigenvalue weighted by molar-refractivity contribution is 9.08. The molecule has 17 heavy (non-hydrogen) atoms. The van der Waals surface area contributed by atoms with E-state index in [1.165, 1.54) is 0 Å². The van der Waals surface area contributed by atoms with E-state index in [0.717, 1.165) is 30.0 Å². The summed E-state index contributed by atoms with van der Waals surface area (Å²) >= 11 is 3.47. The predicted octanol–water partition coefficient (Wildman–Crippen LogP) is 3.03. The van der Waals surface area contributed by atoms with Crippen molar-refractivity contribution in [2.75, 3.05) is 6.61 Å². The van der Waals surface area contributed by atoms with Crippen LogP contribution in [-0.2, 0) is 15.6 Å². The quantitative estimate of drug-likeness (QED) is 0.788. The summed E-state index contributed by atoms with van der Waals surface area (Å²) in [5.41, 5.74) is -0.0202. The minimum atomic E-state index is -0.0202. The van der Waals surface area contributed by atoms with E-state index in [1.807, 2.05) is 0 Å². The van der Waals surface area contributed by atoms with E-state index >= 15 is 0 Å². The molecule has 0 saturated carbocycles. The van der Waals surface area contributed by atoms with Gasteiger partial charge in [-0.3, -0.25) is 0 Å². The Bertz CT molecular complexity index is 397. The molecule has 5 heteroatoms. The average molecular weight is 302 g/mol. The molecule has 0 aliphatic carbocycles. The Balaban J connectivity index is 2.44. The second-order valence-corrected chi connectivity index (χ2v) is 6.23. The molecule has 1 saturated heterocycles. The predicted molar refractivity (Wildman–Crippen MR) is 70.1 cm³/mol. The number of alkyl halides is 1. The van der Waals surface area contributed by atoms with E-state index in [0.29, 0.717) is 5.92 Å². The molecule has 2 rings (SSSR count). The minimum absolute atomic E-state index is 0.0202. The summed E-state index contributed by atoms with van der Waals surface area (Å²) in [7, 11) is 0. The molecule has 0 amide bonds. The standard InChI is InChI=1S/C12H20BrN3O/c1-8-5-6-17-10(8)11-15-14-9(7-13)16(11)12(2,3)4/h8,10H,5-7H2,1-4H3. The number of hydrogen-bond acceptors (Lipinski definition) is 3. The monoisotopic (exact) mass is 301 g/mol. The van der Waals surface area contributed by atoms with Crippen LogP contribution in [0.15, 0.2) is 0 Å². The van der Waals surface area contributed by atoms with Gasteiger partial charge in [-0.2, -0.15) is 0 Å². The van der Waals surface area contributed by atoms with Crippen molar-refractivity contribution in [3.05, 3.63) is 11.6 Å². The van der Waals surface area contributed by atoms with E-state index < -0.39 is 0 Å². The van der Waals surface area contributed by atoms with Crippen molar-refractivity contribution in [2.45, 2.75) is 51.1 Å². The van der Waals surface area contributed by atoms with Crippen LogP contribution in [0.4, 0.5) is 0 Å². The molecule has 96 valence electrons. The molecule has 1 aliphatic heterocycles. The van der Waals surface area contributed by atoms with Gasteiger partial charge in [-0.05, 0) is 33.1 Å². The minimum Gasteiger partial charge on any atom is -0.370 e. The Kier molecular flexibility index (Phi) is 3.59. The first-order chi connectivity index (χ1) is 7.95. The van der Waals surface area contributed by atoms with Crippen molar-refractivity contribution < 1.29 is 4.74 Å². The Hall–Kier alpha value is -0.420. The molecule has 2 atom stereocenters. The van der Waals surface area contributed by atoms with Crippen LogP contribution < -0.4 is 0 Å². The van der Waals surface area contributed by atoms with Crippen molar-refractivity contribution in [1.82, 2.24) is 14.8 Å². The van der Waals surface area contributed by atoms with E-state index in [1.54, 1.807) is 0 Å². The maximum atomic E-state index is 5.81. The van der Waals surface area contributed by atoms with Crippen molar-refractivity contribution in [3.63, 3.8) is 0 Å². The van der Waals surface area contributed by atoms with Crippen LogP contribution in [-0.4, -0.2) is 21.4 Å². The molecular formula is C12H20BrN3O. The molecule has 0 aromatic carbocycles. The fourth-order valence-corrected chi connectivity index (χ4v) is 2.72. The van der Waals surface area contributed by atoms with Gasteiger partial charge in [0.1, 0.15) is 11.9 Å². The second kappa shape index (κ2) is 4.69. The second-order valence-electron chi connectivity index (χ2n) is 5.67. The van der Waals surface area contributed by atoms with Crippen LogP contribution in [0.3, 0.4) is 0 Å². The molecule has 0 radical (unpaired) electrons. The molecule has 1 aromatic heterocycles. The van der Waals surface area contributed by atoms with Gasteiger partial charge in [0, 0.05) is 12.1 Å². The third-order valence-corrected chi connectivity index (χ3v) is 3.69. The molecular weight excluding hydrogens is 282 g/mol. The number of halogens is 1. The van der Waals surface area contributed by atoms with Crippen LogP contribution in [0, 0.1) is 5.92 Å². The van der Waals surface area contributed by atoms with Gasteiger partial charge >= 0.3 is 0 Å². The van der Waals surface area contributed by atoms with Gasteiger partial charge in [0.05, 0.1) is 5.33 Å². The summed E-state index contributed by atoms with van der Waals surface area (Å²) in [5, 5.41) is 9.33. The maximum absolute atomic E-state index is 5.81. The molecule has 0 N–H and O–H groups in total. The summed E-state index contributed by atoms with van der Waals surface area (Å²) in [5.74, 6) is 2.45. The first-order valence-corrected chi connectivity index (χ1v) is 7.19. The van der Waals surface area contributed by atoms with Crippen LogP contribution in [0.2, 0.25) is 0 Å². The normalized spacial score (nSPS) is 25.5. The summed E-state index contributed by atoms with van der Waals surface area (Å²) in [4.78, 5) is 0. The van der Waals surface area contributed by atoms with Gasteiger partial charge in [-0.15, -0.1) is 10.2 Å². The Morgan fingerprint density at radius 1 is 1.41 bits per heavy atom. The Morgan fingerprint density at radius 2 is 2.12 bits per heavy atom. The molecule has 0 bridgehead atoms. The highest BCUT2D eigenvalue weighted by Crippen LogP contribution is 2.35. The maximum Gasteiger partial charge on any atom is 0.163 e. The largest absolute Gasteiger partial charge is 0.370 e. The van der Waals surface area contributed by atoms with Crippen molar-refractivity contribution >= 4 is 15.9 Å². The number of rotatable bonds is 2. The third-order valence-electron chi connectivity index (χ3n) is 3.19. The third kappa shape index (κ3) is 2.40. The zero-order chi connectivity index (χ0) is 12.6. The molecule has 0 spiro atoms. The fourth-order valence-electron chi connectivity index (χ4n) is 2.36. The summed E-state index contributed by atoms with van der Waals surface area (Å²) < 4.78 is 8.01. The van der Waals surface area contributed by atoms with Gasteiger partial charge in [-0.1, -0.05) is 22.9 Å². The zero-order valence-electron chi connectivity index (χ0n) is 10.9. The lowest BCUT2D eigenvalue weighted by molar-refractivity contribution is 0.0800. The lowest BCUT2D eigenvalue weighted by atomic mass is 10.0. The van der Waals surface area contributed by atoms with E-state index in [2.05, 4.69) is 58.4 Å². The first kappa shape index (κ1) is 13.0. The van der Waals surface area contributed by atoms with Gasteiger partial charge in [0.2, 0.25) is 0 Å². The lowest BCUT2D eigenvalue weighted by Gasteiger charge is -2.27. The van der Waals surface area contributed by atoms with Crippen LogP contribution in [0.5, 0.6) is 0 Å². The summed E-state index contributed by atoms with van der Waals surface area (Å²) in [6.45, 7) is 9.56. The molecule has 1 aliphatic rings. The molecule has 2 heterocycles. The SMILES string of the molecule is CC1CCOC1c1nnc(CBr)n1C(C)(C)C. The van der Waals surface area contributed by atoms with Gasteiger partial charge in [0.15, 0.2) is 5.82 Å². The summed E-state index contributed by atoms with van der Waals surface area (Å²) in [6.07, 6.45) is 1.19. The van der Waals surface area contributed by atoms with Crippen LogP contribution in [0.25, 0.3) is 0 Å². The van der Waals surface area contributed by atoms with Crippen molar-refractivity contribution in [2.24, 2.45) is 5.92 Å². The Morgan fingerprint density at radius 3 is 2.59 bits per heavy atom. The summed E-state index contributed by atoms with van der Waals surface area (Å²) in [6, 6.07) is 0. The topological polar surface area (TPSA) is 39.9 Å². The van der Waals surface area contributed by atoms with Gasteiger partial charge in [-0.25, -0.2) is 0 Å². The smallest absolute Gasteiger partial charge is 0.163 e. The number of aromatic nitrogens is 3. The molecule has 1 aromatic rings. The lowest BCUT2D eigenvalue weighted by Crippen LogP contribution is -2.28. The highest BCUT2D eigenvalue weighted by Gasteiger charge is 2.34. The van der Waals surface area contributed by atoms with E-state index in [-0.39, 0.29) is 11.6 Å². The molecule has 2 unspecified atom stereocenters. The van der Waals surface area contributed by atoms with Gasteiger partial charge in [0.25, 0.3) is 0 Å². The molecule has 1 fully saturated rings. The fraction of sp³-hybridized carbons (Fsp3) is 0.833. The zero-order valence-corrected chi connectivity index (χ0v) is 12.5. The highest BCUT2D eigenvalue weighted by atomic mass is 79.9. The van der Waals surface area contributed by atoms with Crippen molar-refractivity contribution in [1.29, 1.82) is 0 Å². The molecule has 4 nitrogen and oxygen atoms in total. The van der Waals surface area contributed by atoms with Crippen molar-refractivity contribution in [3.8, 4) is 0 Å². The van der Waals surface area contributed by atoms with Crippen LogP contribution in [0.1, 0.15) is 51.9 Å². The number of hydrogen-bond donors (Lipinski definition) is 0. The first-order valence-electron chi connectivity index (χ1n) is 6.07. The number of nitrogens with zero attached hydrogens (tertiary/aromatic N) is 3. The van der Waals surface area contributed by atoms with Crippen LogP contribution >= 0.6 is 15.9 Å². The number of ether oxygens (including phenoxy) is 1.